The van der Waals surface area contributed by atoms with Gasteiger partial charge in [-0.15, -0.1) is 0 Å². The number of para-hydroxylation sites is 1. The Hall–Kier alpha value is -3.86. The number of hydrogen-bond acceptors (Lipinski definition) is 5. The number of nitrogens with one attached hydrogen (secondary N) is 1. The van der Waals surface area contributed by atoms with Gasteiger partial charge in [-0.25, -0.2) is 9.36 Å². The minimum atomic E-state index is -3.79. The fourth-order valence-corrected chi connectivity index (χ4v) is 4.43. The van der Waals surface area contributed by atoms with E-state index in [2.05, 4.69) is 5.09 Å². The highest BCUT2D eigenvalue weighted by Crippen LogP contribution is 2.48. The molecule has 4 rings (SSSR count). The first-order valence-electron chi connectivity index (χ1n) is 10.7. The third-order valence-corrected chi connectivity index (χ3v) is 6.26. The molecule has 6 nitrogen and oxygen atoms in total. The smallest absolute Gasteiger partial charge is 0.457 e. The zero-order valence-corrected chi connectivity index (χ0v) is 19.3. The number of esters is 1. The maximum atomic E-state index is 13.6. The van der Waals surface area contributed by atoms with E-state index < -0.39 is 13.7 Å². The molecule has 0 saturated carbocycles. The van der Waals surface area contributed by atoms with Gasteiger partial charge in [0.25, 0.3) is 0 Å². The monoisotopic (exact) mass is 473 g/mol. The molecule has 0 aromatic heterocycles. The van der Waals surface area contributed by atoms with Gasteiger partial charge in [0.1, 0.15) is 12.4 Å². The van der Waals surface area contributed by atoms with Crippen LogP contribution in [0.3, 0.4) is 0 Å². The van der Waals surface area contributed by atoms with Crippen LogP contribution in [-0.2, 0) is 27.0 Å². The van der Waals surface area contributed by atoms with Gasteiger partial charge in [-0.2, -0.15) is 0 Å². The molecule has 7 heteroatoms. The third-order valence-electron chi connectivity index (χ3n) is 4.81. The molecule has 0 saturated heterocycles. The second kappa shape index (κ2) is 11.3. The summed E-state index contributed by atoms with van der Waals surface area (Å²) in [5.74, 6) is -0.166. The summed E-state index contributed by atoms with van der Waals surface area (Å²) in [6.07, 6.45) is 0. The lowest BCUT2D eigenvalue weighted by Crippen LogP contribution is -2.08. The van der Waals surface area contributed by atoms with E-state index in [0.717, 1.165) is 11.1 Å². The lowest BCUT2D eigenvalue weighted by Gasteiger charge is -2.21. The predicted molar refractivity (Wildman–Crippen MR) is 132 cm³/mol. The Morgan fingerprint density at radius 1 is 0.676 bits per heavy atom. The van der Waals surface area contributed by atoms with Crippen LogP contribution in [0.15, 0.2) is 115 Å². The van der Waals surface area contributed by atoms with Gasteiger partial charge in [0.2, 0.25) is 0 Å². The molecule has 0 heterocycles. The number of ether oxygens (including phenoxy) is 1. The van der Waals surface area contributed by atoms with Gasteiger partial charge in [-0.3, -0.25) is 9.61 Å². The van der Waals surface area contributed by atoms with E-state index in [4.69, 9.17) is 13.8 Å². The van der Waals surface area contributed by atoms with Crippen molar-refractivity contribution in [3.05, 3.63) is 132 Å². The van der Waals surface area contributed by atoms with E-state index in [9.17, 15) is 9.36 Å². The maximum Gasteiger partial charge on any atom is 0.486 e. The van der Waals surface area contributed by atoms with Crippen molar-refractivity contribution < 1.29 is 23.1 Å². The molecule has 0 aliphatic rings. The molecular formula is C27H24NO5P. The SMILES string of the molecule is O=C(OCc1ccccc1)c1ccc(OP(=O)(Nc2ccccc2)OCc2ccccc2)cc1. The number of carbonyl (C=O) groups is 1. The Morgan fingerprint density at radius 3 is 1.79 bits per heavy atom. The van der Waals surface area contributed by atoms with Crippen LogP contribution in [-0.4, -0.2) is 5.97 Å². The summed E-state index contributed by atoms with van der Waals surface area (Å²) in [5, 5.41) is 2.87. The van der Waals surface area contributed by atoms with Crippen LogP contribution in [0.1, 0.15) is 21.5 Å². The van der Waals surface area contributed by atoms with E-state index in [1.807, 2.05) is 78.9 Å². The minimum absolute atomic E-state index is 0.0991. The first-order chi connectivity index (χ1) is 16.6. The van der Waals surface area contributed by atoms with Gasteiger partial charge in [-0.05, 0) is 47.5 Å². The standard InChI is InChI=1S/C27H24NO5P/c29-27(31-20-22-10-4-1-5-11-22)24-16-18-26(19-17-24)33-34(30,28-25-14-8-3-9-15-25)32-21-23-12-6-2-7-13-23/h1-19H,20-21H2,(H,28,30). The van der Waals surface area contributed by atoms with Crippen LogP contribution >= 0.6 is 7.75 Å². The summed E-state index contributed by atoms with van der Waals surface area (Å²) in [6.45, 7) is 0.281. The normalized spacial score (nSPS) is 12.4. The summed E-state index contributed by atoms with van der Waals surface area (Å²) in [7, 11) is -3.79. The Kier molecular flexibility index (Phi) is 7.76. The highest BCUT2D eigenvalue weighted by Gasteiger charge is 2.27. The van der Waals surface area contributed by atoms with Crippen molar-refractivity contribution in [2.24, 2.45) is 0 Å². The van der Waals surface area contributed by atoms with Crippen LogP contribution in [0.25, 0.3) is 0 Å². The molecule has 0 amide bonds. The zero-order chi connectivity index (χ0) is 23.6. The van der Waals surface area contributed by atoms with Crippen molar-refractivity contribution >= 4 is 19.4 Å². The quantitative estimate of drug-likeness (QED) is 0.200. The molecule has 4 aromatic carbocycles. The van der Waals surface area contributed by atoms with E-state index in [1.54, 1.807) is 36.4 Å². The summed E-state index contributed by atoms with van der Waals surface area (Å²) >= 11 is 0. The van der Waals surface area contributed by atoms with Gasteiger partial charge in [0.15, 0.2) is 0 Å². The summed E-state index contributed by atoms with van der Waals surface area (Å²) in [5.41, 5.74) is 2.72. The lowest BCUT2D eigenvalue weighted by molar-refractivity contribution is 0.0472. The van der Waals surface area contributed by atoms with Gasteiger partial charge >= 0.3 is 13.7 Å². The molecule has 0 bridgehead atoms. The molecule has 1 unspecified atom stereocenters. The molecule has 4 aromatic rings. The van der Waals surface area contributed by atoms with Gasteiger partial charge in [0.05, 0.1) is 12.2 Å². The number of benzene rings is 4. The predicted octanol–water partition coefficient (Wildman–Crippen LogP) is 6.86. The Balaban J connectivity index is 1.43. The zero-order valence-electron chi connectivity index (χ0n) is 18.4. The average molecular weight is 473 g/mol. The second-order valence-corrected chi connectivity index (χ2v) is 9.07. The number of hydrogen-bond donors (Lipinski definition) is 1. The number of carbonyl (C=O) groups excluding carboxylic acids is 1. The highest BCUT2D eigenvalue weighted by atomic mass is 31.2. The minimum Gasteiger partial charge on any atom is -0.457 e. The van der Waals surface area contributed by atoms with Crippen molar-refractivity contribution in [3.8, 4) is 5.75 Å². The van der Waals surface area contributed by atoms with Gasteiger partial charge in [-0.1, -0.05) is 78.9 Å². The van der Waals surface area contributed by atoms with Crippen molar-refractivity contribution in [2.75, 3.05) is 5.09 Å². The second-order valence-electron chi connectivity index (χ2n) is 7.41. The third kappa shape index (κ3) is 6.82. The van der Waals surface area contributed by atoms with Gasteiger partial charge in [0, 0.05) is 5.69 Å². The van der Waals surface area contributed by atoms with E-state index >= 15 is 0 Å². The molecule has 172 valence electrons. The molecule has 0 spiro atoms. The van der Waals surface area contributed by atoms with Crippen LogP contribution < -0.4 is 9.61 Å². The largest absolute Gasteiger partial charge is 0.486 e. The molecular weight excluding hydrogens is 449 g/mol. The Labute approximate surface area is 198 Å². The number of rotatable bonds is 10. The van der Waals surface area contributed by atoms with Crippen LogP contribution in [0.2, 0.25) is 0 Å². The summed E-state index contributed by atoms with van der Waals surface area (Å²) in [4.78, 5) is 12.4. The van der Waals surface area contributed by atoms with Crippen LogP contribution in [0.4, 0.5) is 5.69 Å². The average Bonchev–Trinajstić information content (AvgIpc) is 2.88. The van der Waals surface area contributed by atoms with E-state index in [-0.39, 0.29) is 13.2 Å². The highest BCUT2D eigenvalue weighted by molar-refractivity contribution is 7.55. The first-order valence-corrected chi connectivity index (χ1v) is 12.3. The van der Waals surface area contributed by atoms with Crippen LogP contribution in [0.5, 0.6) is 5.75 Å². The lowest BCUT2D eigenvalue weighted by atomic mass is 10.2. The first kappa shape index (κ1) is 23.3. The fraction of sp³-hybridized carbons (Fsp3) is 0.0741. The van der Waals surface area contributed by atoms with Crippen molar-refractivity contribution in [1.82, 2.24) is 0 Å². The van der Waals surface area contributed by atoms with Gasteiger partial charge < -0.3 is 9.26 Å². The Bertz CT molecular complexity index is 1230. The molecule has 1 atom stereocenters. The summed E-state index contributed by atoms with van der Waals surface area (Å²) < 4.78 is 30.4. The van der Waals surface area contributed by atoms with E-state index in [0.29, 0.717) is 17.0 Å². The Morgan fingerprint density at radius 2 is 1.21 bits per heavy atom. The van der Waals surface area contributed by atoms with Crippen LogP contribution in [0, 0.1) is 0 Å². The molecule has 34 heavy (non-hydrogen) atoms. The molecule has 1 N–H and O–H groups in total. The summed E-state index contributed by atoms with van der Waals surface area (Å²) in [6, 6.07) is 34.1. The molecule has 0 aliphatic heterocycles. The maximum absolute atomic E-state index is 13.6. The molecule has 0 fully saturated rings. The fourth-order valence-electron chi connectivity index (χ4n) is 3.08. The topological polar surface area (TPSA) is 73.9 Å². The van der Waals surface area contributed by atoms with Crippen molar-refractivity contribution in [3.63, 3.8) is 0 Å². The van der Waals surface area contributed by atoms with E-state index in [1.165, 1.54) is 0 Å². The van der Waals surface area contributed by atoms with Crippen molar-refractivity contribution in [2.45, 2.75) is 13.2 Å². The molecule has 0 aliphatic carbocycles. The molecule has 0 radical (unpaired) electrons. The number of anilines is 1. The van der Waals surface area contributed by atoms with Crippen molar-refractivity contribution in [1.29, 1.82) is 0 Å².